The van der Waals surface area contributed by atoms with Gasteiger partial charge in [-0.1, -0.05) is 0 Å². The molecule has 5 nitrogen and oxygen atoms in total. The van der Waals surface area contributed by atoms with Crippen molar-refractivity contribution in [3.8, 4) is 0 Å². The first-order chi connectivity index (χ1) is 9.19. The second kappa shape index (κ2) is 5.40. The molecule has 0 bridgehead atoms. The van der Waals surface area contributed by atoms with E-state index in [2.05, 4.69) is 49.7 Å². The van der Waals surface area contributed by atoms with Gasteiger partial charge in [0.2, 0.25) is 5.95 Å². The van der Waals surface area contributed by atoms with E-state index in [0.717, 1.165) is 37.9 Å². The summed E-state index contributed by atoms with van der Waals surface area (Å²) in [5.74, 6) is 2.54. The summed E-state index contributed by atoms with van der Waals surface area (Å²) in [7, 11) is 4.11. The van der Waals surface area contributed by atoms with Gasteiger partial charge in [0.25, 0.3) is 0 Å². The third-order valence-electron chi connectivity index (χ3n) is 3.85. The fraction of sp³-hybridized carbons (Fsp3) is 0.692. The Labute approximate surface area is 127 Å². The minimum atomic E-state index is 0.660. The van der Waals surface area contributed by atoms with Crippen LogP contribution >= 0.6 is 22.6 Å². The van der Waals surface area contributed by atoms with Gasteiger partial charge in [0.1, 0.15) is 5.82 Å². The molecule has 0 aromatic carbocycles. The Balaban J connectivity index is 1.90. The smallest absolute Gasteiger partial charge is 0.227 e. The van der Waals surface area contributed by atoms with Crippen LogP contribution in [0.1, 0.15) is 24.5 Å². The number of rotatable bonds is 3. The van der Waals surface area contributed by atoms with Crippen LogP contribution in [0.5, 0.6) is 0 Å². The molecule has 6 heteroatoms. The summed E-state index contributed by atoms with van der Waals surface area (Å²) in [5.41, 5.74) is 1.24. The molecule has 3 rings (SSSR count). The first kappa shape index (κ1) is 13.4. The molecule has 2 heterocycles. The second-order valence-corrected chi connectivity index (χ2v) is 6.46. The monoisotopic (exact) mass is 373 g/mol. The van der Waals surface area contributed by atoms with Crippen LogP contribution in [0.3, 0.4) is 0 Å². The third kappa shape index (κ3) is 2.79. The number of halogens is 1. The zero-order chi connectivity index (χ0) is 13.4. The molecule has 19 heavy (non-hydrogen) atoms. The van der Waals surface area contributed by atoms with Gasteiger partial charge in [-0.05, 0) is 42.5 Å². The summed E-state index contributed by atoms with van der Waals surface area (Å²) in [5, 5.41) is 3.21. The van der Waals surface area contributed by atoms with Crippen LogP contribution in [0.15, 0.2) is 0 Å². The van der Waals surface area contributed by atoms with Crippen molar-refractivity contribution in [3.05, 3.63) is 9.26 Å². The maximum Gasteiger partial charge on any atom is 0.227 e. The number of likely N-dealkylation sites (N-methyl/N-ethyl adjacent to an activating group) is 1. The molecule has 1 aromatic rings. The van der Waals surface area contributed by atoms with Crippen LogP contribution in [0.2, 0.25) is 0 Å². The number of hydrogen-bond donors (Lipinski definition) is 1. The summed E-state index contributed by atoms with van der Waals surface area (Å²) in [6.07, 6.45) is 2.55. The maximum absolute atomic E-state index is 4.84. The van der Waals surface area contributed by atoms with Crippen molar-refractivity contribution >= 4 is 34.4 Å². The molecule has 104 valence electrons. The van der Waals surface area contributed by atoms with Gasteiger partial charge in [0.15, 0.2) is 0 Å². The highest BCUT2D eigenvalue weighted by molar-refractivity contribution is 14.1. The summed E-state index contributed by atoms with van der Waals surface area (Å²) in [6.45, 7) is 4.21. The summed E-state index contributed by atoms with van der Waals surface area (Å²) in [4.78, 5) is 14.2. The molecule has 1 saturated carbocycles. The predicted octanol–water partition coefficient (Wildman–Crippen LogP) is 1.75. The molecule has 0 amide bonds. The van der Waals surface area contributed by atoms with Gasteiger partial charge in [-0.3, -0.25) is 0 Å². The largest absolute Gasteiger partial charge is 0.372 e. The van der Waals surface area contributed by atoms with E-state index < -0.39 is 0 Å². The molecule has 0 atom stereocenters. The Morgan fingerprint density at radius 3 is 2.42 bits per heavy atom. The van der Waals surface area contributed by atoms with E-state index in [-0.39, 0.29) is 0 Å². The number of aromatic nitrogens is 2. The lowest BCUT2D eigenvalue weighted by Crippen LogP contribution is -2.45. The lowest BCUT2D eigenvalue weighted by molar-refractivity contribution is 0.311. The zero-order valence-electron chi connectivity index (χ0n) is 11.5. The van der Waals surface area contributed by atoms with E-state index >= 15 is 0 Å². The third-order valence-corrected chi connectivity index (χ3v) is 4.92. The highest BCUT2D eigenvalue weighted by Crippen LogP contribution is 2.42. The van der Waals surface area contributed by atoms with Gasteiger partial charge in [-0.15, -0.1) is 0 Å². The van der Waals surface area contributed by atoms with Gasteiger partial charge >= 0.3 is 0 Å². The Kier molecular flexibility index (Phi) is 3.79. The zero-order valence-corrected chi connectivity index (χ0v) is 13.6. The quantitative estimate of drug-likeness (QED) is 0.818. The van der Waals surface area contributed by atoms with Crippen LogP contribution in [0.4, 0.5) is 11.8 Å². The van der Waals surface area contributed by atoms with Gasteiger partial charge in [0.05, 0.1) is 9.26 Å². The average molecular weight is 373 g/mol. The average Bonchev–Trinajstić information content (AvgIpc) is 3.24. The summed E-state index contributed by atoms with van der Waals surface area (Å²) >= 11 is 2.37. The van der Waals surface area contributed by atoms with Gasteiger partial charge in [-0.2, -0.15) is 4.98 Å². The standard InChI is InChI=1S/C13H20IN5/c1-15-12-10(14)11(9-3-4-9)16-13(17-12)19-7-5-18(2)6-8-19/h9H,3-8H2,1-2H3,(H,15,16,17). The molecule has 1 N–H and O–H groups in total. The molecule has 2 aliphatic rings. The van der Waals surface area contributed by atoms with Crippen molar-refractivity contribution in [2.24, 2.45) is 0 Å². The SMILES string of the molecule is CNc1nc(N2CCN(C)CC2)nc(C2CC2)c1I. The fourth-order valence-electron chi connectivity index (χ4n) is 2.39. The molecule has 1 saturated heterocycles. The summed E-state index contributed by atoms with van der Waals surface area (Å²) in [6, 6.07) is 0. The van der Waals surface area contributed by atoms with Crippen molar-refractivity contribution in [1.29, 1.82) is 0 Å². The second-order valence-electron chi connectivity index (χ2n) is 5.39. The van der Waals surface area contributed by atoms with Crippen LogP contribution in [0.25, 0.3) is 0 Å². The highest BCUT2D eigenvalue weighted by atomic mass is 127. The van der Waals surface area contributed by atoms with Crippen molar-refractivity contribution in [2.75, 3.05) is 50.5 Å². The van der Waals surface area contributed by atoms with Gasteiger partial charge in [-0.25, -0.2) is 4.98 Å². The van der Waals surface area contributed by atoms with Crippen molar-refractivity contribution in [1.82, 2.24) is 14.9 Å². The first-order valence-electron chi connectivity index (χ1n) is 6.87. The number of piperazine rings is 1. The topological polar surface area (TPSA) is 44.3 Å². The lowest BCUT2D eigenvalue weighted by atomic mass is 10.2. The minimum Gasteiger partial charge on any atom is -0.372 e. The van der Waals surface area contributed by atoms with Crippen LogP contribution in [-0.4, -0.2) is 55.1 Å². The van der Waals surface area contributed by atoms with E-state index in [1.807, 2.05) is 7.05 Å². The Morgan fingerprint density at radius 2 is 1.84 bits per heavy atom. The van der Waals surface area contributed by atoms with Crippen LogP contribution in [0, 0.1) is 3.57 Å². The molecule has 0 radical (unpaired) electrons. The number of hydrogen-bond acceptors (Lipinski definition) is 5. The minimum absolute atomic E-state index is 0.660. The van der Waals surface area contributed by atoms with Crippen molar-refractivity contribution in [3.63, 3.8) is 0 Å². The number of nitrogens with one attached hydrogen (secondary N) is 1. The molecular weight excluding hydrogens is 353 g/mol. The van der Waals surface area contributed by atoms with Crippen molar-refractivity contribution in [2.45, 2.75) is 18.8 Å². The van der Waals surface area contributed by atoms with E-state index in [0.29, 0.717) is 5.92 Å². The lowest BCUT2D eigenvalue weighted by Gasteiger charge is -2.32. The Hall–Kier alpha value is -0.630. The number of anilines is 2. The summed E-state index contributed by atoms with van der Waals surface area (Å²) < 4.78 is 1.19. The number of nitrogens with zero attached hydrogens (tertiary/aromatic N) is 4. The van der Waals surface area contributed by atoms with E-state index in [4.69, 9.17) is 4.98 Å². The van der Waals surface area contributed by atoms with E-state index in [9.17, 15) is 0 Å². The van der Waals surface area contributed by atoms with Gasteiger partial charge in [0, 0.05) is 39.1 Å². The van der Waals surface area contributed by atoms with Crippen LogP contribution < -0.4 is 10.2 Å². The maximum atomic E-state index is 4.84. The highest BCUT2D eigenvalue weighted by Gasteiger charge is 2.30. The van der Waals surface area contributed by atoms with Crippen molar-refractivity contribution < 1.29 is 0 Å². The molecule has 1 aliphatic carbocycles. The normalized spacial score (nSPS) is 20.7. The first-order valence-corrected chi connectivity index (χ1v) is 7.95. The molecule has 1 aromatic heterocycles. The fourth-order valence-corrected chi connectivity index (χ4v) is 3.34. The molecule has 2 fully saturated rings. The van der Waals surface area contributed by atoms with Crippen LogP contribution in [-0.2, 0) is 0 Å². The predicted molar refractivity (Wildman–Crippen MR) is 86.0 cm³/mol. The molecule has 0 unspecified atom stereocenters. The molecule has 1 aliphatic heterocycles. The van der Waals surface area contributed by atoms with E-state index in [1.165, 1.54) is 22.1 Å². The van der Waals surface area contributed by atoms with Gasteiger partial charge < -0.3 is 15.1 Å². The Morgan fingerprint density at radius 1 is 1.16 bits per heavy atom. The van der Waals surface area contributed by atoms with E-state index in [1.54, 1.807) is 0 Å². The molecular formula is C13H20IN5. The Bertz CT molecular complexity index is 466. The molecule has 0 spiro atoms.